The molecule has 0 bridgehead atoms. The van der Waals surface area contributed by atoms with E-state index < -0.39 is 10.0 Å². The van der Waals surface area contributed by atoms with Crippen LogP contribution in [-0.4, -0.2) is 19.9 Å². The minimum Gasteiger partial charge on any atom is -0.343 e. The zero-order chi connectivity index (χ0) is 15.2. The van der Waals surface area contributed by atoms with Gasteiger partial charge in [-0.2, -0.15) is 0 Å². The highest BCUT2D eigenvalue weighted by molar-refractivity contribution is 9.10. The number of fused-ring (bicyclic) bond motifs is 1. The van der Waals surface area contributed by atoms with Crippen LogP contribution in [0.25, 0.3) is 0 Å². The first-order valence-corrected chi connectivity index (χ1v) is 9.59. The zero-order valence-corrected chi connectivity index (χ0v) is 14.7. The molecule has 5 nitrogen and oxygen atoms in total. The fourth-order valence-corrected chi connectivity index (χ4v) is 4.66. The number of benzene rings is 1. The lowest BCUT2D eigenvalue weighted by Crippen LogP contribution is -2.30. The largest absolute Gasteiger partial charge is 0.343 e. The molecule has 0 spiro atoms. The van der Waals surface area contributed by atoms with E-state index in [1.165, 1.54) is 11.8 Å². The van der Waals surface area contributed by atoms with Crippen molar-refractivity contribution in [3.8, 4) is 0 Å². The Kier molecular flexibility index (Phi) is 4.00. The predicted octanol–water partition coefficient (Wildman–Crippen LogP) is 2.77. The summed E-state index contributed by atoms with van der Waals surface area (Å²) in [6.07, 6.45) is 2.12. The first-order chi connectivity index (χ1) is 9.86. The highest BCUT2D eigenvalue weighted by Crippen LogP contribution is 2.35. The molecule has 9 heteroatoms. The van der Waals surface area contributed by atoms with Crippen molar-refractivity contribution >= 4 is 54.0 Å². The first kappa shape index (κ1) is 15.2. The van der Waals surface area contributed by atoms with E-state index >= 15 is 0 Å². The Balaban J connectivity index is 1.93. The molecule has 112 valence electrons. The van der Waals surface area contributed by atoms with Gasteiger partial charge in [-0.25, -0.2) is 18.5 Å². The van der Waals surface area contributed by atoms with Crippen LogP contribution < -0.4 is 10.0 Å². The zero-order valence-electron chi connectivity index (χ0n) is 10.7. The molecule has 0 aliphatic carbocycles. The lowest BCUT2D eigenvalue weighted by atomic mass is 10.0. The van der Waals surface area contributed by atoms with E-state index in [4.69, 9.17) is 16.7 Å². The van der Waals surface area contributed by atoms with Crippen LogP contribution in [0, 0.1) is 0 Å². The van der Waals surface area contributed by atoms with E-state index in [0.717, 1.165) is 34.3 Å². The van der Waals surface area contributed by atoms with Crippen molar-refractivity contribution in [3.63, 3.8) is 0 Å². The van der Waals surface area contributed by atoms with Gasteiger partial charge in [-0.3, -0.25) is 0 Å². The Morgan fingerprint density at radius 1 is 1.38 bits per heavy atom. The number of hydrogen-bond acceptors (Lipinski definition) is 5. The van der Waals surface area contributed by atoms with Gasteiger partial charge in [0.2, 0.25) is 10.0 Å². The molecule has 3 rings (SSSR count). The summed E-state index contributed by atoms with van der Waals surface area (Å²) in [4.78, 5) is 6.18. The molecule has 2 N–H and O–H groups in total. The Hall–Kier alpha value is -0.670. The summed E-state index contributed by atoms with van der Waals surface area (Å²) < 4.78 is 23.8. The summed E-state index contributed by atoms with van der Waals surface area (Å²) in [5.74, 6) is 0. The molecule has 0 radical (unpaired) electrons. The SMILES string of the molecule is NS(=O)(=O)c1cnc(N2CCc3c(Br)ccc(Cl)c3C2)s1. The third-order valence-corrected chi connectivity index (χ3v) is 6.88. The fraction of sp³-hybridized carbons (Fsp3) is 0.250. The number of sulfonamides is 1. The number of rotatable bonds is 2. The van der Waals surface area contributed by atoms with Crippen molar-refractivity contribution in [2.75, 3.05) is 11.4 Å². The van der Waals surface area contributed by atoms with E-state index in [1.54, 1.807) is 0 Å². The topological polar surface area (TPSA) is 76.3 Å². The van der Waals surface area contributed by atoms with Gasteiger partial charge in [-0.15, -0.1) is 0 Å². The van der Waals surface area contributed by atoms with E-state index in [-0.39, 0.29) is 4.21 Å². The average molecular weight is 409 g/mol. The van der Waals surface area contributed by atoms with Crippen molar-refractivity contribution in [2.45, 2.75) is 17.2 Å². The van der Waals surface area contributed by atoms with Crippen LogP contribution in [0.4, 0.5) is 5.13 Å². The maximum absolute atomic E-state index is 11.3. The molecule has 1 aliphatic heterocycles. The second-order valence-corrected chi connectivity index (χ2v) is 8.72. The lowest BCUT2D eigenvalue weighted by molar-refractivity contribution is 0.599. The Morgan fingerprint density at radius 2 is 2.14 bits per heavy atom. The molecule has 1 aromatic carbocycles. The van der Waals surface area contributed by atoms with Crippen molar-refractivity contribution in [1.29, 1.82) is 0 Å². The number of aromatic nitrogens is 1. The molecule has 1 aliphatic rings. The summed E-state index contributed by atoms with van der Waals surface area (Å²) in [6.45, 7) is 1.36. The third-order valence-electron chi connectivity index (χ3n) is 3.32. The van der Waals surface area contributed by atoms with Crippen LogP contribution in [0.3, 0.4) is 0 Å². The summed E-state index contributed by atoms with van der Waals surface area (Å²) in [5, 5.41) is 6.47. The van der Waals surface area contributed by atoms with E-state index in [2.05, 4.69) is 20.9 Å². The van der Waals surface area contributed by atoms with Gasteiger partial charge in [0.05, 0.1) is 6.20 Å². The van der Waals surface area contributed by atoms with Crippen LogP contribution in [0.2, 0.25) is 5.02 Å². The molecular formula is C12H11BrClN3O2S2. The average Bonchev–Trinajstić information content (AvgIpc) is 2.92. The summed E-state index contributed by atoms with van der Waals surface area (Å²) >= 11 is 10.9. The lowest BCUT2D eigenvalue weighted by Gasteiger charge is -2.29. The van der Waals surface area contributed by atoms with Crippen molar-refractivity contribution < 1.29 is 8.42 Å². The molecule has 0 amide bonds. The summed E-state index contributed by atoms with van der Waals surface area (Å²) in [7, 11) is -3.70. The van der Waals surface area contributed by atoms with Crippen LogP contribution in [-0.2, 0) is 23.0 Å². The van der Waals surface area contributed by atoms with Gasteiger partial charge in [0.15, 0.2) is 9.34 Å². The smallest absolute Gasteiger partial charge is 0.249 e. The number of nitrogens with zero attached hydrogens (tertiary/aromatic N) is 2. The molecule has 0 saturated carbocycles. The standard InChI is InChI=1S/C12H11BrClN3O2S2/c13-9-1-2-10(14)8-6-17(4-3-7(8)9)12-16-5-11(20-12)21(15,18)19/h1-2,5H,3-4,6H2,(H2,15,18,19). The number of nitrogens with two attached hydrogens (primary N) is 1. The molecule has 1 aromatic heterocycles. The third kappa shape index (κ3) is 2.95. The monoisotopic (exact) mass is 407 g/mol. The van der Waals surface area contributed by atoms with Gasteiger partial charge >= 0.3 is 0 Å². The highest BCUT2D eigenvalue weighted by Gasteiger charge is 2.24. The maximum Gasteiger partial charge on any atom is 0.249 e. The molecule has 2 aromatic rings. The Labute approximate surface area is 139 Å². The summed E-state index contributed by atoms with van der Waals surface area (Å²) in [6, 6.07) is 3.80. The van der Waals surface area contributed by atoms with Crippen LogP contribution in [0.15, 0.2) is 27.0 Å². The number of hydrogen-bond donors (Lipinski definition) is 1. The van der Waals surface area contributed by atoms with Crippen LogP contribution in [0.1, 0.15) is 11.1 Å². The van der Waals surface area contributed by atoms with Gasteiger partial charge in [-0.1, -0.05) is 38.9 Å². The van der Waals surface area contributed by atoms with Crippen molar-refractivity contribution in [3.05, 3.63) is 39.0 Å². The predicted molar refractivity (Wildman–Crippen MR) is 87.4 cm³/mol. The number of thiazole rings is 1. The van der Waals surface area contributed by atoms with E-state index in [0.29, 0.717) is 16.7 Å². The molecule has 2 heterocycles. The van der Waals surface area contributed by atoms with Gasteiger partial charge in [0, 0.05) is 22.6 Å². The van der Waals surface area contributed by atoms with Crippen molar-refractivity contribution in [1.82, 2.24) is 4.98 Å². The molecular weight excluding hydrogens is 398 g/mol. The van der Waals surface area contributed by atoms with E-state index in [9.17, 15) is 8.42 Å². The minimum absolute atomic E-state index is 0.0728. The van der Waals surface area contributed by atoms with Gasteiger partial charge in [0.25, 0.3) is 0 Å². The Morgan fingerprint density at radius 3 is 2.81 bits per heavy atom. The highest BCUT2D eigenvalue weighted by atomic mass is 79.9. The quantitative estimate of drug-likeness (QED) is 0.829. The summed E-state index contributed by atoms with van der Waals surface area (Å²) in [5.41, 5.74) is 2.24. The van der Waals surface area contributed by atoms with E-state index in [1.807, 2.05) is 17.0 Å². The minimum atomic E-state index is -3.70. The number of primary sulfonamides is 1. The van der Waals surface area contributed by atoms with Crippen LogP contribution in [0.5, 0.6) is 0 Å². The number of anilines is 1. The Bertz CT molecular complexity index is 807. The number of halogens is 2. The first-order valence-electron chi connectivity index (χ1n) is 6.05. The fourth-order valence-electron chi connectivity index (χ4n) is 2.29. The second kappa shape index (κ2) is 5.51. The molecule has 0 saturated heterocycles. The van der Waals surface area contributed by atoms with Crippen LogP contribution >= 0.6 is 38.9 Å². The maximum atomic E-state index is 11.3. The second-order valence-electron chi connectivity index (χ2n) is 4.66. The molecule has 0 unspecified atom stereocenters. The van der Waals surface area contributed by atoms with Crippen molar-refractivity contribution in [2.24, 2.45) is 5.14 Å². The normalized spacial score (nSPS) is 15.1. The van der Waals surface area contributed by atoms with Gasteiger partial charge in [-0.05, 0) is 29.7 Å². The molecule has 0 atom stereocenters. The molecule has 21 heavy (non-hydrogen) atoms. The molecule has 0 fully saturated rings. The van der Waals surface area contributed by atoms with Gasteiger partial charge < -0.3 is 4.90 Å². The van der Waals surface area contributed by atoms with Gasteiger partial charge in [0.1, 0.15) is 0 Å².